The highest BCUT2D eigenvalue weighted by atomic mass is 16.5. The molecule has 140 valence electrons. The van der Waals surface area contributed by atoms with Crippen LogP contribution in [0.25, 0.3) is 10.9 Å². The van der Waals surface area contributed by atoms with Crippen molar-refractivity contribution in [2.45, 2.75) is 13.8 Å². The minimum Gasteiger partial charge on any atom is -0.502 e. The van der Waals surface area contributed by atoms with Gasteiger partial charge in [-0.3, -0.25) is 9.59 Å². The first-order valence-corrected chi connectivity index (χ1v) is 8.69. The average Bonchev–Trinajstić information content (AvgIpc) is 2.65. The van der Waals surface area contributed by atoms with Crippen molar-refractivity contribution in [2.24, 2.45) is 7.05 Å². The lowest BCUT2D eigenvalue weighted by Crippen LogP contribution is -2.30. The highest BCUT2D eigenvalue weighted by Crippen LogP contribution is 2.24. The lowest BCUT2D eigenvalue weighted by Gasteiger charge is -2.14. The van der Waals surface area contributed by atoms with E-state index in [1.54, 1.807) is 31.3 Å². The molecule has 2 aromatic carbocycles. The summed E-state index contributed by atoms with van der Waals surface area (Å²) >= 11 is 0. The average molecular weight is 366 g/mol. The van der Waals surface area contributed by atoms with Gasteiger partial charge in [-0.15, -0.1) is 0 Å². The summed E-state index contributed by atoms with van der Waals surface area (Å²) in [6, 6.07) is 12.9. The summed E-state index contributed by atoms with van der Waals surface area (Å²) in [5.41, 5.74) is 2.01. The second-order valence-corrected chi connectivity index (χ2v) is 6.43. The summed E-state index contributed by atoms with van der Waals surface area (Å²) in [5, 5.41) is 13.5. The number of hydrogen-bond donors (Lipinski definition) is 2. The molecule has 1 aromatic heterocycles. The fourth-order valence-electron chi connectivity index (χ4n) is 3.14. The van der Waals surface area contributed by atoms with E-state index in [4.69, 9.17) is 4.74 Å². The Hall–Kier alpha value is -3.28. The molecule has 0 saturated carbocycles. The molecule has 0 aliphatic carbocycles. The number of para-hydroxylation sites is 2. The highest BCUT2D eigenvalue weighted by molar-refractivity contribution is 6.08. The van der Waals surface area contributed by atoms with E-state index >= 15 is 0 Å². The van der Waals surface area contributed by atoms with Crippen molar-refractivity contribution in [3.05, 3.63) is 69.5 Å². The van der Waals surface area contributed by atoms with Gasteiger partial charge in [-0.25, -0.2) is 0 Å². The maximum atomic E-state index is 12.6. The van der Waals surface area contributed by atoms with Crippen LogP contribution in [0.15, 0.2) is 47.3 Å². The number of benzene rings is 2. The van der Waals surface area contributed by atoms with E-state index in [-0.39, 0.29) is 18.7 Å². The minimum atomic E-state index is -0.606. The predicted octanol–water partition coefficient (Wildman–Crippen LogP) is 2.67. The van der Waals surface area contributed by atoms with Crippen molar-refractivity contribution >= 4 is 16.8 Å². The maximum Gasteiger partial charge on any atom is 0.293 e. The number of hydrogen-bond acceptors (Lipinski definition) is 4. The monoisotopic (exact) mass is 366 g/mol. The Morgan fingerprint density at radius 1 is 1.11 bits per heavy atom. The van der Waals surface area contributed by atoms with Gasteiger partial charge < -0.3 is 19.7 Å². The normalized spacial score (nSPS) is 10.8. The molecule has 0 spiro atoms. The van der Waals surface area contributed by atoms with E-state index in [2.05, 4.69) is 5.32 Å². The van der Waals surface area contributed by atoms with Crippen molar-refractivity contribution in [3.63, 3.8) is 0 Å². The van der Waals surface area contributed by atoms with Crippen LogP contribution in [0.1, 0.15) is 21.5 Å². The third-order valence-corrected chi connectivity index (χ3v) is 4.55. The van der Waals surface area contributed by atoms with Crippen LogP contribution in [-0.4, -0.2) is 28.7 Å². The summed E-state index contributed by atoms with van der Waals surface area (Å²) in [7, 11) is 1.56. The Bertz CT molecular complexity index is 1050. The van der Waals surface area contributed by atoms with Gasteiger partial charge in [-0.2, -0.15) is 0 Å². The van der Waals surface area contributed by atoms with E-state index in [9.17, 15) is 14.7 Å². The number of carbonyl (C=O) groups is 1. The quantitative estimate of drug-likeness (QED) is 0.681. The third kappa shape index (κ3) is 3.51. The van der Waals surface area contributed by atoms with Crippen LogP contribution in [0, 0.1) is 13.8 Å². The zero-order valence-corrected chi connectivity index (χ0v) is 15.6. The molecule has 6 nitrogen and oxygen atoms in total. The van der Waals surface area contributed by atoms with E-state index in [1.807, 2.05) is 32.0 Å². The third-order valence-electron chi connectivity index (χ3n) is 4.55. The number of aromatic hydroxyl groups is 1. The molecule has 2 N–H and O–H groups in total. The van der Waals surface area contributed by atoms with Gasteiger partial charge in [0.25, 0.3) is 11.5 Å². The van der Waals surface area contributed by atoms with E-state index in [0.717, 1.165) is 16.9 Å². The van der Waals surface area contributed by atoms with Crippen molar-refractivity contribution in [2.75, 3.05) is 13.2 Å². The van der Waals surface area contributed by atoms with Gasteiger partial charge in [0.1, 0.15) is 12.4 Å². The van der Waals surface area contributed by atoms with Gasteiger partial charge in [0.05, 0.1) is 17.6 Å². The SMILES string of the molecule is Cc1cccc(C)c1OCCNC(=O)c1c(O)c(=O)n(C)c2ccccc12. The standard InChI is InChI=1S/C21H22N2O4/c1-13-7-6-8-14(2)19(13)27-12-11-22-20(25)17-15-9-4-5-10-16(15)23(3)21(26)18(17)24/h4-10,24H,11-12H2,1-3H3,(H,22,25). The van der Waals surface area contributed by atoms with Gasteiger partial charge in [0.15, 0.2) is 5.75 Å². The number of nitrogens with zero attached hydrogens (tertiary/aromatic N) is 1. The fourth-order valence-corrected chi connectivity index (χ4v) is 3.14. The lowest BCUT2D eigenvalue weighted by atomic mass is 10.1. The van der Waals surface area contributed by atoms with Gasteiger partial charge in [-0.1, -0.05) is 36.4 Å². The van der Waals surface area contributed by atoms with Crippen LogP contribution in [-0.2, 0) is 7.05 Å². The van der Waals surface area contributed by atoms with Crippen LogP contribution in [0.2, 0.25) is 0 Å². The van der Waals surface area contributed by atoms with E-state index < -0.39 is 17.2 Å². The summed E-state index contributed by atoms with van der Waals surface area (Å²) in [6.45, 7) is 4.45. The molecule has 27 heavy (non-hydrogen) atoms. The number of rotatable bonds is 5. The zero-order chi connectivity index (χ0) is 19.6. The number of amides is 1. The molecule has 6 heteroatoms. The molecule has 0 radical (unpaired) electrons. The van der Waals surface area contributed by atoms with Gasteiger partial charge in [0, 0.05) is 12.4 Å². The number of pyridine rings is 1. The van der Waals surface area contributed by atoms with E-state index in [0.29, 0.717) is 10.9 Å². The lowest BCUT2D eigenvalue weighted by molar-refractivity contribution is 0.0945. The van der Waals surface area contributed by atoms with Crippen LogP contribution < -0.4 is 15.6 Å². The molecule has 3 rings (SSSR count). The van der Waals surface area contributed by atoms with Gasteiger partial charge >= 0.3 is 0 Å². The molecule has 1 heterocycles. The largest absolute Gasteiger partial charge is 0.502 e. The summed E-state index contributed by atoms with van der Waals surface area (Å²) < 4.78 is 7.10. The first kappa shape index (κ1) is 18.5. The fraction of sp³-hybridized carbons (Fsp3) is 0.238. The van der Waals surface area contributed by atoms with Crippen LogP contribution in [0.5, 0.6) is 11.5 Å². The predicted molar refractivity (Wildman–Crippen MR) is 105 cm³/mol. The number of ether oxygens (including phenoxy) is 1. The van der Waals surface area contributed by atoms with Crippen molar-refractivity contribution in [1.82, 2.24) is 9.88 Å². The molecule has 0 saturated heterocycles. The molecule has 0 aliphatic heterocycles. The van der Waals surface area contributed by atoms with Crippen molar-refractivity contribution in [3.8, 4) is 11.5 Å². The summed E-state index contributed by atoms with van der Waals surface area (Å²) in [4.78, 5) is 24.8. The minimum absolute atomic E-state index is 0.0132. The number of nitrogens with one attached hydrogen (secondary N) is 1. The first-order valence-electron chi connectivity index (χ1n) is 8.69. The number of carbonyl (C=O) groups excluding carboxylic acids is 1. The zero-order valence-electron chi connectivity index (χ0n) is 15.6. The van der Waals surface area contributed by atoms with E-state index in [1.165, 1.54) is 4.57 Å². The Morgan fingerprint density at radius 2 is 1.78 bits per heavy atom. The molecule has 3 aromatic rings. The maximum absolute atomic E-state index is 12.6. The van der Waals surface area contributed by atoms with Crippen LogP contribution >= 0.6 is 0 Å². The molecule has 0 aliphatic rings. The molecule has 0 fully saturated rings. The molecule has 0 atom stereocenters. The Morgan fingerprint density at radius 3 is 2.48 bits per heavy atom. The highest BCUT2D eigenvalue weighted by Gasteiger charge is 2.20. The second kappa shape index (κ2) is 7.53. The molecular formula is C21H22N2O4. The Balaban J connectivity index is 1.77. The number of aromatic nitrogens is 1. The molecule has 1 amide bonds. The Labute approximate surface area is 157 Å². The second-order valence-electron chi connectivity index (χ2n) is 6.43. The number of aryl methyl sites for hydroxylation is 3. The summed E-state index contributed by atoms with van der Waals surface area (Å²) in [5.74, 6) is -0.260. The Kier molecular flexibility index (Phi) is 5.16. The van der Waals surface area contributed by atoms with Crippen molar-refractivity contribution in [1.29, 1.82) is 0 Å². The van der Waals surface area contributed by atoms with Crippen LogP contribution in [0.3, 0.4) is 0 Å². The molecule has 0 bridgehead atoms. The number of fused-ring (bicyclic) bond motifs is 1. The smallest absolute Gasteiger partial charge is 0.293 e. The van der Waals surface area contributed by atoms with Gasteiger partial charge in [0.2, 0.25) is 0 Å². The molecule has 0 unspecified atom stereocenters. The van der Waals surface area contributed by atoms with Crippen LogP contribution in [0.4, 0.5) is 0 Å². The van der Waals surface area contributed by atoms with Crippen molar-refractivity contribution < 1.29 is 14.6 Å². The summed E-state index contributed by atoms with van der Waals surface area (Å²) in [6.07, 6.45) is 0. The molecular weight excluding hydrogens is 344 g/mol. The first-order chi connectivity index (χ1) is 12.9. The van der Waals surface area contributed by atoms with Gasteiger partial charge in [-0.05, 0) is 31.0 Å². The topological polar surface area (TPSA) is 80.6 Å².